The highest BCUT2D eigenvalue weighted by atomic mass is 31.1. The Morgan fingerprint density at radius 3 is 1.18 bits per heavy atom. The number of aromatic nitrogens is 2. The molecule has 2 heterocycles. The Bertz CT molecular complexity index is 747. The third kappa shape index (κ3) is 2.45. The predicted octanol–water partition coefficient (Wildman–Crippen LogP) is 2.10. The zero-order chi connectivity index (χ0) is 16.8. The minimum atomic E-state index is -4.24. The molecule has 0 unspecified atom stereocenters. The highest BCUT2D eigenvalue weighted by molar-refractivity contribution is 7.61. The van der Waals surface area contributed by atoms with Gasteiger partial charge in [-0.15, -0.1) is 0 Å². The van der Waals surface area contributed by atoms with Crippen LogP contribution in [0, 0.1) is 46.8 Å². The Balaban J connectivity index is 2.69. The van der Waals surface area contributed by atoms with Gasteiger partial charge >= 0.3 is 0 Å². The molecule has 0 radical (unpaired) electrons. The minimum absolute atomic E-state index is 1.64. The van der Waals surface area contributed by atoms with E-state index in [-0.39, 0.29) is 0 Å². The Morgan fingerprint density at radius 2 is 0.864 bits per heavy atom. The summed E-state index contributed by atoms with van der Waals surface area (Å²) in [6.45, 7) is 0. The second-order valence-corrected chi connectivity index (χ2v) is 5.32. The lowest BCUT2D eigenvalue weighted by atomic mass is 10.4. The van der Waals surface area contributed by atoms with E-state index in [2.05, 4.69) is 9.97 Å². The van der Waals surface area contributed by atoms with Gasteiger partial charge < -0.3 is 4.57 Å². The third-order valence-electron chi connectivity index (χ3n) is 2.40. The molecule has 0 amide bonds. The van der Waals surface area contributed by atoms with Crippen molar-refractivity contribution in [1.82, 2.24) is 9.97 Å². The van der Waals surface area contributed by atoms with Crippen molar-refractivity contribution in [3.05, 3.63) is 46.8 Å². The first-order valence-electron chi connectivity index (χ1n) is 5.11. The average Bonchev–Trinajstić information content (AvgIpc) is 2.49. The summed E-state index contributed by atoms with van der Waals surface area (Å²) in [5, 5.41) is 0. The normalized spacial score (nSPS) is 11.3. The molecular formula is C10HF8N2OP. The van der Waals surface area contributed by atoms with Crippen molar-refractivity contribution in [3.8, 4) is 0 Å². The fraction of sp³-hybridized carbons (Fsp3) is 0. The summed E-state index contributed by atoms with van der Waals surface area (Å²) in [6, 6.07) is 0. The minimum Gasteiger partial charge on any atom is -0.314 e. The van der Waals surface area contributed by atoms with Crippen LogP contribution in [0.25, 0.3) is 0 Å². The Hall–Kier alpha value is -2.03. The molecule has 118 valence electrons. The molecule has 0 aliphatic heterocycles. The Kier molecular flexibility index (Phi) is 4.19. The predicted molar refractivity (Wildman–Crippen MR) is 56.4 cm³/mol. The van der Waals surface area contributed by atoms with E-state index < -0.39 is 65.5 Å². The molecule has 2 aromatic heterocycles. The molecule has 0 saturated heterocycles. The maximum absolute atomic E-state index is 13.4. The molecule has 2 rings (SSSR count). The van der Waals surface area contributed by atoms with Gasteiger partial charge in [0.15, 0.2) is 19.4 Å². The monoisotopic (exact) mass is 348 g/mol. The zero-order valence-electron chi connectivity index (χ0n) is 9.83. The highest BCUT2D eigenvalue weighted by Gasteiger charge is 2.30. The van der Waals surface area contributed by atoms with Crippen molar-refractivity contribution in [3.63, 3.8) is 0 Å². The molecule has 0 N–H and O–H groups in total. The Labute approximate surface area is 116 Å². The maximum atomic E-state index is 13.4. The first-order valence-corrected chi connectivity index (χ1v) is 6.52. The largest absolute Gasteiger partial charge is 0.314 e. The number of nitrogens with zero attached hydrogens (tertiary/aromatic N) is 2. The first kappa shape index (κ1) is 16.3. The number of pyridine rings is 2. The molecule has 2 aromatic rings. The molecule has 22 heavy (non-hydrogen) atoms. The quantitative estimate of drug-likeness (QED) is 0.474. The topological polar surface area (TPSA) is 42.9 Å². The van der Waals surface area contributed by atoms with E-state index in [4.69, 9.17) is 0 Å². The summed E-state index contributed by atoms with van der Waals surface area (Å²) in [7, 11) is -4.24. The smallest absolute Gasteiger partial charge is 0.252 e. The number of halogens is 8. The van der Waals surface area contributed by atoms with Crippen LogP contribution in [-0.4, -0.2) is 9.97 Å². The van der Waals surface area contributed by atoms with Gasteiger partial charge in [0.2, 0.25) is 23.3 Å². The molecule has 0 spiro atoms. The van der Waals surface area contributed by atoms with Crippen molar-refractivity contribution in [2.75, 3.05) is 0 Å². The number of hydrogen-bond donors (Lipinski definition) is 0. The van der Waals surface area contributed by atoms with Crippen molar-refractivity contribution in [2.24, 2.45) is 0 Å². The molecular weight excluding hydrogens is 347 g/mol. The van der Waals surface area contributed by atoms with Crippen LogP contribution in [0.4, 0.5) is 35.1 Å². The third-order valence-corrected chi connectivity index (χ3v) is 3.92. The van der Waals surface area contributed by atoms with Gasteiger partial charge in [-0.2, -0.15) is 17.6 Å². The molecule has 12 heteroatoms. The first-order chi connectivity index (χ1) is 10.2. The van der Waals surface area contributed by atoms with Crippen molar-refractivity contribution in [1.29, 1.82) is 0 Å². The molecule has 0 aromatic carbocycles. The molecule has 0 atom stereocenters. The van der Waals surface area contributed by atoms with Crippen molar-refractivity contribution >= 4 is 18.7 Å². The van der Waals surface area contributed by atoms with Gasteiger partial charge in [0, 0.05) is 0 Å². The number of rotatable bonds is 2. The van der Waals surface area contributed by atoms with E-state index in [0.29, 0.717) is 0 Å². The maximum Gasteiger partial charge on any atom is 0.252 e. The Morgan fingerprint density at radius 1 is 0.545 bits per heavy atom. The van der Waals surface area contributed by atoms with Crippen LogP contribution in [0.2, 0.25) is 0 Å². The molecule has 3 nitrogen and oxygen atoms in total. The lowest BCUT2D eigenvalue weighted by Crippen LogP contribution is -2.25. The van der Waals surface area contributed by atoms with Crippen LogP contribution < -0.4 is 10.9 Å². The summed E-state index contributed by atoms with van der Waals surface area (Å²) >= 11 is 0. The van der Waals surface area contributed by atoms with Crippen LogP contribution in [0.5, 0.6) is 0 Å². The van der Waals surface area contributed by atoms with Crippen LogP contribution >= 0.6 is 7.80 Å². The summed E-state index contributed by atoms with van der Waals surface area (Å²) in [4.78, 5) is 4.93. The van der Waals surface area contributed by atoms with E-state index in [1.54, 1.807) is 0 Å². The van der Waals surface area contributed by atoms with Gasteiger partial charge in [0.25, 0.3) is 11.9 Å². The lowest BCUT2D eigenvalue weighted by molar-refractivity contribution is 0.394. The van der Waals surface area contributed by atoms with Crippen LogP contribution in [-0.2, 0) is 4.57 Å². The van der Waals surface area contributed by atoms with Crippen molar-refractivity contribution in [2.45, 2.75) is 0 Å². The van der Waals surface area contributed by atoms with E-state index in [1.165, 1.54) is 0 Å². The van der Waals surface area contributed by atoms with Gasteiger partial charge in [-0.1, -0.05) is 0 Å². The lowest BCUT2D eigenvalue weighted by Gasteiger charge is -2.07. The van der Waals surface area contributed by atoms with E-state index in [1.807, 2.05) is 0 Å². The van der Waals surface area contributed by atoms with Crippen LogP contribution in [0.1, 0.15) is 0 Å². The SMILES string of the molecule is O=[PH](c1nc(F)c(F)c(F)c1F)c1nc(F)c(F)c(F)c1F. The van der Waals surface area contributed by atoms with E-state index >= 15 is 0 Å². The average molecular weight is 348 g/mol. The van der Waals surface area contributed by atoms with Crippen LogP contribution in [0.3, 0.4) is 0 Å². The zero-order valence-corrected chi connectivity index (χ0v) is 10.8. The summed E-state index contributed by atoms with van der Waals surface area (Å²) < 4.78 is 116. The highest BCUT2D eigenvalue weighted by Crippen LogP contribution is 2.25. The van der Waals surface area contributed by atoms with E-state index in [0.717, 1.165) is 0 Å². The fourth-order valence-electron chi connectivity index (χ4n) is 1.39. The van der Waals surface area contributed by atoms with Crippen molar-refractivity contribution < 1.29 is 39.7 Å². The second-order valence-electron chi connectivity index (χ2n) is 3.72. The van der Waals surface area contributed by atoms with Gasteiger partial charge in [-0.05, 0) is 0 Å². The van der Waals surface area contributed by atoms with Crippen LogP contribution in [0.15, 0.2) is 0 Å². The molecule has 0 bridgehead atoms. The summed E-state index contributed by atoms with van der Waals surface area (Å²) in [6.07, 6.45) is 0. The standard InChI is InChI=1S/C10HF8N2OP/c11-1-3(13)7(17)19-9(5(1)15)22(21)10-6(16)2(12)4(14)8(18)20-10/h22H. The fourth-order valence-corrected chi connectivity index (χ4v) is 2.63. The molecule has 0 aliphatic rings. The second kappa shape index (κ2) is 5.64. The molecule has 0 aliphatic carbocycles. The summed E-state index contributed by atoms with van der Waals surface area (Å²) in [5.74, 6) is -18.4. The van der Waals surface area contributed by atoms with Gasteiger partial charge in [0.05, 0.1) is 0 Å². The van der Waals surface area contributed by atoms with Gasteiger partial charge in [-0.3, -0.25) is 0 Å². The summed E-state index contributed by atoms with van der Waals surface area (Å²) in [5.41, 5.74) is -3.28. The molecule has 0 saturated carbocycles. The number of hydrogen-bond acceptors (Lipinski definition) is 3. The van der Waals surface area contributed by atoms with Gasteiger partial charge in [-0.25, -0.2) is 27.5 Å². The van der Waals surface area contributed by atoms with E-state index in [9.17, 15) is 39.7 Å². The molecule has 0 fully saturated rings. The van der Waals surface area contributed by atoms with Gasteiger partial charge in [0.1, 0.15) is 10.9 Å².